The Morgan fingerprint density at radius 2 is 1.90 bits per heavy atom. The standard InChI is InChI=1S/C23H22N2O4S2/c26-22-21(31-23(30)24(22)18-6-2-1-3-7-18)14-17-5-4-8-20(13-17)29-15-16-9-11-19(12-10-16)25(27)28/h4-5,8-14,18H,1-3,6-7,15H2/b21-14-. The molecule has 8 heteroatoms. The van der Waals surface area contributed by atoms with E-state index >= 15 is 0 Å². The number of hydrogen-bond acceptors (Lipinski definition) is 6. The summed E-state index contributed by atoms with van der Waals surface area (Å²) in [4.78, 5) is 25.7. The van der Waals surface area contributed by atoms with Gasteiger partial charge in [0.2, 0.25) is 0 Å². The zero-order chi connectivity index (χ0) is 21.8. The summed E-state index contributed by atoms with van der Waals surface area (Å²) in [6.07, 6.45) is 7.43. The second-order valence-electron chi connectivity index (χ2n) is 7.63. The van der Waals surface area contributed by atoms with Gasteiger partial charge in [0.15, 0.2) is 0 Å². The van der Waals surface area contributed by atoms with Crippen LogP contribution >= 0.6 is 24.0 Å². The van der Waals surface area contributed by atoms with Crippen LogP contribution in [0.1, 0.15) is 43.2 Å². The average Bonchev–Trinajstić information content (AvgIpc) is 3.06. The highest BCUT2D eigenvalue weighted by molar-refractivity contribution is 8.26. The van der Waals surface area contributed by atoms with Crippen molar-refractivity contribution in [2.24, 2.45) is 0 Å². The largest absolute Gasteiger partial charge is 0.489 e. The molecule has 1 aliphatic carbocycles. The first-order valence-electron chi connectivity index (χ1n) is 10.2. The van der Waals surface area contributed by atoms with Gasteiger partial charge >= 0.3 is 0 Å². The number of nitrogens with zero attached hydrogens (tertiary/aromatic N) is 2. The Kier molecular flexibility index (Phi) is 6.67. The zero-order valence-corrected chi connectivity index (χ0v) is 18.5. The summed E-state index contributed by atoms with van der Waals surface area (Å²) in [6, 6.07) is 14.0. The molecule has 1 saturated carbocycles. The molecule has 0 atom stereocenters. The van der Waals surface area contributed by atoms with Gasteiger partial charge in [0, 0.05) is 18.2 Å². The van der Waals surface area contributed by atoms with Crippen molar-refractivity contribution >= 4 is 46.0 Å². The molecule has 0 spiro atoms. The molecule has 0 aromatic heterocycles. The van der Waals surface area contributed by atoms with Crippen molar-refractivity contribution in [3.8, 4) is 5.75 Å². The highest BCUT2D eigenvalue weighted by Crippen LogP contribution is 2.37. The Morgan fingerprint density at radius 3 is 2.61 bits per heavy atom. The Hall–Kier alpha value is -2.71. The van der Waals surface area contributed by atoms with Gasteiger partial charge < -0.3 is 4.74 Å². The van der Waals surface area contributed by atoms with Gasteiger partial charge in [-0.1, -0.05) is 55.4 Å². The fourth-order valence-electron chi connectivity index (χ4n) is 3.86. The number of benzene rings is 2. The minimum absolute atomic E-state index is 0.000832. The minimum Gasteiger partial charge on any atom is -0.489 e. The number of ether oxygens (including phenoxy) is 1. The van der Waals surface area contributed by atoms with Gasteiger partial charge in [0.05, 0.1) is 9.83 Å². The van der Waals surface area contributed by atoms with E-state index in [2.05, 4.69) is 0 Å². The molecule has 0 unspecified atom stereocenters. The smallest absolute Gasteiger partial charge is 0.269 e. The molecule has 1 amide bonds. The van der Waals surface area contributed by atoms with Crippen LogP contribution in [0.3, 0.4) is 0 Å². The molecule has 1 aliphatic heterocycles. The van der Waals surface area contributed by atoms with Gasteiger partial charge in [-0.2, -0.15) is 0 Å². The lowest BCUT2D eigenvalue weighted by Crippen LogP contribution is -2.39. The normalized spacial score (nSPS) is 18.6. The molecule has 0 N–H and O–H groups in total. The van der Waals surface area contributed by atoms with Crippen LogP contribution in [0.2, 0.25) is 0 Å². The van der Waals surface area contributed by atoms with Crippen molar-refractivity contribution in [2.45, 2.75) is 44.8 Å². The van der Waals surface area contributed by atoms with E-state index in [1.54, 1.807) is 17.0 Å². The maximum atomic E-state index is 13.0. The van der Waals surface area contributed by atoms with Crippen LogP contribution in [0, 0.1) is 10.1 Å². The molecule has 2 aromatic carbocycles. The van der Waals surface area contributed by atoms with E-state index in [0.717, 1.165) is 36.8 Å². The van der Waals surface area contributed by atoms with Gasteiger partial charge in [0.25, 0.3) is 11.6 Å². The van der Waals surface area contributed by atoms with Crippen molar-refractivity contribution < 1.29 is 14.5 Å². The fourth-order valence-corrected chi connectivity index (χ4v) is 5.26. The van der Waals surface area contributed by atoms with Crippen molar-refractivity contribution in [2.75, 3.05) is 0 Å². The van der Waals surface area contributed by atoms with Gasteiger partial charge in [-0.25, -0.2) is 0 Å². The summed E-state index contributed by atoms with van der Waals surface area (Å²) in [5.41, 5.74) is 1.76. The van der Waals surface area contributed by atoms with E-state index in [9.17, 15) is 14.9 Å². The van der Waals surface area contributed by atoms with E-state index in [-0.39, 0.29) is 17.6 Å². The van der Waals surface area contributed by atoms with Crippen LogP contribution in [0.4, 0.5) is 5.69 Å². The maximum absolute atomic E-state index is 13.0. The molecule has 160 valence electrons. The van der Waals surface area contributed by atoms with Crippen LogP contribution in [-0.2, 0) is 11.4 Å². The fraction of sp³-hybridized carbons (Fsp3) is 0.304. The first kappa shape index (κ1) is 21.5. The molecule has 1 heterocycles. The Labute approximate surface area is 190 Å². The van der Waals surface area contributed by atoms with E-state index < -0.39 is 4.92 Å². The van der Waals surface area contributed by atoms with Crippen LogP contribution in [0.15, 0.2) is 53.4 Å². The molecular weight excluding hydrogens is 432 g/mol. The number of thiocarbonyl (C=S) groups is 1. The molecule has 0 radical (unpaired) electrons. The second-order valence-corrected chi connectivity index (χ2v) is 9.30. The predicted octanol–water partition coefficient (Wildman–Crippen LogP) is 5.71. The lowest BCUT2D eigenvalue weighted by molar-refractivity contribution is -0.384. The van der Waals surface area contributed by atoms with Crippen molar-refractivity contribution in [1.82, 2.24) is 4.90 Å². The minimum atomic E-state index is -0.426. The molecule has 2 fully saturated rings. The summed E-state index contributed by atoms with van der Waals surface area (Å²) in [7, 11) is 0. The molecular formula is C23H22N2O4S2. The van der Waals surface area contributed by atoms with Crippen LogP contribution in [-0.4, -0.2) is 26.1 Å². The Bertz CT molecular complexity index is 1030. The van der Waals surface area contributed by atoms with Gasteiger partial charge in [-0.15, -0.1) is 0 Å². The average molecular weight is 455 g/mol. The highest BCUT2D eigenvalue weighted by atomic mass is 32.2. The zero-order valence-electron chi connectivity index (χ0n) is 16.9. The quantitative estimate of drug-likeness (QED) is 0.241. The molecule has 4 rings (SSSR count). The van der Waals surface area contributed by atoms with E-state index in [1.165, 1.54) is 30.3 Å². The lowest BCUT2D eigenvalue weighted by atomic mass is 9.94. The Balaban J connectivity index is 1.43. The topological polar surface area (TPSA) is 72.7 Å². The highest BCUT2D eigenvalue weighted by Gasteiger charge is 2.37. The number of non-ortho nitro benzene ring substituents is 1. The number of thioether (sulfide) groups is 1. The van der Waals surface area contributed by atoms with Gasteiger partial charge in [-0.05, 0) is 54.3 Å². The van der Waals surface area contributed by atoms with Crippen LogP contribution < -0.4 is 4.74 Å². The second kappa shape index (κ2) is 9.62. The summed E-state index contributed by atoms with van der Waals surface area (Å²) in [5.74, 6) is 0.661. The summed E-state index contributed by atoms with van der Waals surface area (Å²) < 4.78 is 6.48. The van der Waals surface area contributed by atoms with Crippen molar-refractivity contribution in [3.63, 3.8) is 0 Å². The Morgan fingerprint density at radius 1 is 1.16 bits per heavy atom. The van der Waals surface area contributed by atoms with Crippen LogP contribution in [0.25, 0.3) is 6.08 Å². The maximum Gasteiger partial charge on any atom is 0.269 e. The van der Waals surface area contributed by atoms with E-state index in [1.807, 2.05) is 30.3 Å². The summed E-state index contributed by atoms with van der Waals surface area (Å²) in [5, 5.41) is 10.8. The lowest BCUT2D eigenvalue weighted by Gasteiger charge is -2.29. The first-order chi connectivity index (χ1) is 15.0. The number of nitro groups is 1. The monoisotopic (exact) mass is 454 g/mol. The van der Waals surface area contributed by atoms with Crippen molar-refractivity contribution in [3.05, 3.63) is 74.7 Å². The first-order valence-corrected chi connectivity index (χ1v) is 11.5. The van der Waals surface area contributed by atoms with Gasteiger partial charge in [0.1, 0.15) is 16.7 Å². The number of carbonyl (C=O) groups is 1. The van der Waals surface area contributed by atoms with Gasteiger partial charge in [-0.3, -0.25) is 19.8 Å². The molecule has 2 aliphatic rings. The third kappa shape index (κ3) is 5.14. The number of carbonyl (C=O) groups excluding carboxylic acids is 1. The number of amides is 1. The third-order valence-electron chi connectivity index (χ3n) is 5.47. The number of rotatable bonds is 6. The van der Waals surface area contributed by atoms with E-state index in [0.29, 0.717) is 21.6 Å². The van der Waals surface area contributed by atoms with E-state index in [4.69, 9.17) is 17.0 Å². The molecule has 6 nitrogen and oxygen atoms in total. The molecule has 1 saturated heterocycles. The van der Waals surface area contributed by atoms with Crippen LogP contribution in [0.5, 0.6) is 5.75 Å². The molecule has 2 aromatic rings. The summed E-state index contributed by atoms with van der Waals surface area (Å²) >= 11 is 6.86. The molecule has 0 bridgehead atoms. The third-order valence-corrected chi connectivity index (χ3v) is 6.80. The number of hydrogen-bond donors (Lipinski definition) is 0. The molecule has 31 heavy (non-hydrogen) atoms. The van der Waals surface area contributed by atoms with Crippen molar-refractivity contribution in [1.29, 1.82) is 0 Å². The predicted molar refractivity (Wildman–Crippen MR) is 126 cm³/mol. The SMILES string of the molecule is O=C1/C(=C/c2cccc(OCc3ccc([N+](=O)[O-])cc3)c2)SC(=S)N1C1CCCCC1. The number of nitro benzene ring substituents is 1. The summed E-state index contributed by atoms with van der Waals surface area (Å²) in [6.45, 7) is 0.297.